The standard InChI is InChI=1S/C17H15BrN2O4S3/c1-12-5-10-17(25-12)27(23,24)20-15-3-2-4-16(11-15)26(21,22)19-14-8-6-13(18)7-9-14/h2-11,19-20H,1H3. The molecule has 0 atom stereocenters. The predicted molar refractivity (Wildman–Crippen MR) is 111 cm³/mol. The molecule has 0 aliphatic heterocycles. The molecular weight excluding hydrogens is 472 g/mol. The van der Waals surface area contributed by atoms with Crippen LogP contribution in [0.15, 0.2) is 74.2 Å². The van der Waals surface area contributed by atoms with Crippen LogP contribution in [0, 0.1) is 6.92 Å². The van der Waals surface area contributed by atoms with E-state index >= 15 is 0 Å². The number of nitrogens with one attached hydrogen (secondary N) is 2. The summed E-state index contributed by atoms with van der Waals surface area (Å²) >= 11 is 4.43. The number of hydrogen-bond donors (Lipinski definition) is 2. The highest BCUT2D eigenvalue weighted by molar-refractivity contribution is 9.10. The zero-order valence-electron chi connectivity index (χ0n) is 14.0. The molecule has 0 saturated carbocycles. The predicted octanol–water partition coefficient (Wildman–Crippen LogP) is 4.42. The molecule has 0 bridgehead atoms. The van der Waals surface area contributed by atoms with E-state index in [0.29, 0.717) is 5.69 Å². The highest BCUT2D eigenvalue weighted by Gasteiger charge is 2.19. The van der Waals surface area contributed by atoms with Gasteiger partial charge >= 0.3 is 0 Å². The molecule has 1 aromatic heterocycles. The smallest absolute Gasteiger partial charge is 0.271 e. The summed E-state index contributed by atoms with van der Waals surface area (Å²) < 4.78 is 55.9. The Labute approximate surface area is 170 Å². The molecule has 10 heteroatoms. The van der Waals surface area contributed by atoms with Gasteiger partial charge in [-0.1, -0.05) is 22.0 Å². The highest BCUT2D eigenvalue weighted by Crippen LogP contribution is 2.25. The van der Waals surface area contributed by atoms with Gasteiger partial charge in [0, 0.05) is 15.0 Å². The molecule has 1 heterocycles. The molecule has 0 aliphatic carbocycles. The Kier molecular flexibility index (Phi) is 5.61. The summed E-state index contributed by atoms with van der Waals surface area (Å²) in [5.74, 6) is 0. The fraction of sp³-hybridized carbons (Fsp3) is 0.0588. The molecule has 0 amide bonds. The maximum absolute atomic E-state index is 12.6. The molecule has 6 nitrogen and oxygen atoms in total. The lowest BCUT2D eigenvalue weighted by Gasteiger charge is -2.11. The maximum atomic E-state index is 12.6. The number of halogens is 1. The van der Waals surface area contributed by atoms with Crippen molar-refractivity contribution < 1.29 is 16.8 Å². The fourth-order valence-electron chi connectivity index (χ4n) is 2.22. The van der Waals surface area contributed by atoms with Crippen LogP contribution in [0.1, 0.15) is 4.88 Å². The molecule has 142 valence electrons. The van der Waals surface area contributed by atoms with Crippen molar-refractivity contribution in [3.63, 3.8) is 0 Å². The molecule has 0 spiro atoms. The molecule has 0 saturated heterocycles. The third kappa shape index (κ3) is 4.89. The van der Waals surface area contributed by atoms with Crippen LogP contribution in [0.5, 0.6) is 0 Å². The summed E-state index contributed by atoms with van der Waals surface area (Å²) in [7, 11) is -7.63. The van der Waals surface area contributed by atoms with Gasteiger partial charge in [-0.15, -0.1) is 11.3 Å². The van der Waals surface area contributed by atoms with Crippen molar-refractivity contribution in [3.05, 3.63) is 70.0 Å². The summed E-state index contributed by atoms with van der Waals surface area (Å²) in [6.45, 7) is 1.81. The van der Waals surface area contributed by atoms with Crippen LogP contribution in [0.2, 0.25) is 0 Å². The average Bonchev–Trinajstić information content (AvgIpc) is 3.04. The lowest BCUT2D eigenvalue weighted by atomic mass is 10.3. The largest absolute Gasteiger partial charge is 0.280 e. The Morgan fingerprint density at radius 1 is 0.815 bits per heavy atom. The number of benzene rings is 2. The lowest BCUT2D eigenvalue weighted by molar-refractivity contribution is 0.599. The van der Waals surface area contributed by atoms with Gasteiger partial charge in [-0.2, -0.15) is 0 Å². The van der Waals surface area contributed by atoms with E-state index in [9.17, 15) is 16.8 Å². The Morgan fingerprint density at radius 3 is 2.11 bits per heavy atom. The molecule has 2 N–H and O–H groups in total. The van der Waals surface area contributed by atoms with Crippen molar-refractivity contribution in [1.29, 1.82) is 0 Å². The zero-order chi connectivity index (χ0) is 19.7. The van der Waals surface area contributed by atoms with Crippen LogP contribution in [0.4, 0.5) is 11.4 Å². The fourth-order valence-corrected chi connectivity index (χ4v) is 5.92. The van der Waals surface area contributed by atoms with Gasteiger partial charge in [0.25, 0.3) is 20.0 Å². The molecule has 3 aromatic rings. The van der Waals surface area contributed by atoms with E-state index in [1.54, 1.807) is 30.3 Å². The maximum Gasteiger partial charge on any atom is 0.271 e. The normalized spacial score (nSPS) is 11.9. The summed E-state index contributed by atoms with van der Waals surface area (Å²) in [5.41, 5.74) is 0.568. The zero-order valence-corrected chi connectivity index (χ0v) is 18.0. The van der Waals surface area contributed by atoms with Gasteiger partial charge in [0.05, 0.1) is 10.6 Å². The van der Waals surface area contributed by atoms with Crippen LogP contribution in [-0.2, 0) is 20.0 Å². The van der Waals surface area contributed by atoms with E-state index in [0.717, 1.165) is 20.7 Å². The van der Waals surface area contributed by atoms with Crippen molar-refractivity contribution in [2.24, 2.45) is 0 Å². The third-order valence-corrected chi connectivity index (χ3v) is 8.25. The first-order valence-corrected chi connectivity index (χ1v) is 12.2. The van der Waals surface area contributed by atoms with Gasteiger partial charge in [-0.05, 0) is 61.5 Å². The second kappa shape index (κ2) is 7.63. The number of aryl methyl sites for hydroxylation is 1. The Balaban J connectivity index is 1.85. The first-order valence-electron chi connectivity index (χ1n) is 7.63. The van der Waals surface area contributed by atoms with Gasteiger partial charge in [0.1, 0.15) is 4.21 Å². The van der Waals surface area contributed by atoms with Crippen LogP contribution in [0.25, 0.3) is 0 Å². The second-order valence-corrected chi connectivity index (χ2v) is 11.4. The molecule has 3 rings (SSSR count). The Morgan fingerprint density at radius 2 is 1.48 bits per heavy atom. The summed E-state index contributed by atoms with van der Waals surface area (Å²) in [4.78, 5) is 0.818. The summed E-state index contributed by atoms with van der Waals surface area (Å²) in [6.07, 6.45) is 0. The minimum Gasteiger partial charge on any atom is -0.280 e. The Bertz CT molecular complexity index is 1170. The van der Waals surface area contributed by atoms with Crippen molar-refractivity contribution in [3.8, 4) is 0 Å². The number of hydrogen-bond acceptors (Lipinski definition) is 5. The second-order valence-electron chi connectivity index (χ2n) is 5.61. The molecule has 27 heavy (non-hydrogen) atoms. The van der Waals surface area contributed by atoms with Crippen LogP contribution in [-0.4, -0.2) is 16.8 Å². The number of thiophene rings is 1. The topological polar surface area (TPSA) is 92.3 Å². The molecule has 2 aromatic carbocycles. The van der Waals surface area contributed by atoms with Crippen molar-refractivity contribution in [2.45, 2.75) is 16.0 Å². The third-order valence-electron chi connectivity index (χ3n) is 3.47. The molecular formula is C17H15BrN2O4S3. The first-order chi connectivity index (χ1) is 12.7. The summed E-state index contributed by atoms with van der Waals surface area (Å²) in [6, 6.07) is 15.5. The molecule has 0 fully saturated rings. The van der Waals surface area contributed by atoms with E-state index in [1.165, 1.54) is 30.3 Å². The monoisotopic (exact) mass is 486 g/mol. The Hall–Kier alpha value is -1.88. The van der Waals surface area contributed by atoms with Gasteiger partial charge in [-0.25, -0.2) is 16.8 Å². The van der Waals surface area contributed by atoms with E-state index in [4.69, 9.17) is 0 Å². The van der Waals surface area contributed by atoms with E-state index in [1.807, 2.05) is 6.92 Å². The van der Waals surface area contributed by atoms with Crippen molar-refractivity contribution >= 4 is 58.7 Å². The van der Waals surface area contributed by atoms with Crippen molar-refractivity contribution in [1.82, 2.24) is 0 Å². The van der Waals surface area contributed by atoms with E-state index in [-0.39, 0.29) is 14.8 Å². The SMILES string of the molecule is Cc1ccc(S(=O)(=O)Nc2cccc(S(=O)(=O)Nc3ccc(Br)cc3)c2)s1. The quantitative estimate of drug-likeness (QED) is 0.539. The first kappa shape index (κ1) is 19.9. The minimum absolute atomic E-state index is 0.0482. The van der Waals surface area contributed by atoms with Gasteiger partial charge in [0.2, 0.25) is 0 Å². The lowest BCUT2D eigenvalue weighted by Crippen LogP contribution is -2.15. The molecule has 0 aliphatic rings. The van der Waals surface area contributed by atoms with Crippen LogP contribution >= 0.6 is 27.3 Å². The highest BCUT2D eigenvalue weighted by atomic mass is 79.9. The average molecular weight is 487 g/mol. The number of rotatable bonds is 6. The van der Waals surface area contributed by atoms with Gasteiger partial charge < -0.3 is 0 Å². The van der Waals surface area contributed by atoms with E-state index < -0.39 is 20.0 Å². The number of anilines is 2. The van der Waals surface area contributed by atoms with Crippen molar-refractivity contribution in [2.75, 3.05) is 9.44 Å². The molecule has 0 unspecified atom stereocenters. The summed E-state index contributed by atoms with van der Waals surface area (Å²) in [5, 5.41) is 0. The van der Waals surface area contributed by atoms with Crippen LogP contribution in [0.3, 0.4) is 0 Å². The number of sulfonamides is 2. The van der Waals surface area contributed by atoms with Crippen LogP contribution < -0.4 is 9.44 Å². The van der Waals surface area contributed by atoms with E-state index in [2.05, 4.69) is 25.4 Å². The minimum atomic E-state index is -3.86. The molecule has 0 radical (unpaired) electrons. The van der Waals surface area contributed by atoms with Gasteiger partial charge in [0.15, 0.2) is 0 Å². The van der Waals surface area contributed by atoms with Gasteiger partial charge in [-0.3, -0.25) is 9.44 Å².